The summed E-state index contributed by atoms with van der Waals surface area (Å²) in [4.78, 5) is 1.83. The molecule has 0 aliphatic carbocycles. The summed E-state index contributed by atoms with van der Waals surface area (Å²) < 4.78 is 43.0. The molecule has 1 aliphatic heterocycles. The van der Waals surface area contributed by atoms with Gasteiger partial charge in [-0.1, -0.05) is 0 Å². The van der Waals surface area contributed by atoms with Gasteiger partial charge in [-0.2, -0.15) is 13.2 Å². The zero-order chi connectivity index (χ0) is 12.2. The molecule has 1 rings (SSSR count). The molecule has 16 heavy (non-hydrogen) atoms. The van der Waals surface area contributed by atoms with Crippen molar-refractivity contribution in [3.05, 3.63) is 0 Å². The van der Waals surface area contributed by atoms with Gasteiger partial charge in [0, 0.05) is 26.1 Å². The Morgan fingerprint density at radius 1 is 1.38 bits per heavy atom. The van der Waals surface area contributed by atoms with Gasteiger partial charge in [0.15, 0.2) is 0 Å². The number of nitrogens with zero attached hydrogens (tertiary/aromatic N) is 1. The predicted octanol–water partition coefficient (Wildman–Crippen LogP) is 1.09. The van der Waals surface area contributed by atoms with E-state index in [1.807, 2.05) is 4.90 Å². The fourth-order valence-corrected chi connectivity index (χ4v) is 2.21. The lowest BCUT2D eigenvalue weighted by atomic mass is 9.96. The van der Waals surface area contributed by atoms with Gasteiger partial charge in [0.05, 0.1) is 12.5 Å². The molecule has 1 aliphatic rings. The van der Waals surface area contributed by atoms with Crippen molar-refractivity contribution in [2.75, 3.05) is 39.9 Å². The van der Waals surface area contributed by atoms with Gasteiger partial charge in [0.1, 0.15) is 0 Å². The molecule has 0 saturated carbocycles. The van der Waals surface area contributed by atoms with E-state index in [1.165, 1.54) is 7.11 Å². The van der Waals surface area contributed by atoms with Crippen molar-refractivity contribution in [1.29, 1.82) is 0 Å². The van der Waals surface area contributed by atoms with Crippen LogP contribution in [0.1, 0.15) is 6.42 Å². The lowest BCUT2D eigenvalue weighted by Crippen LogP contribution is -2.32. The lowest BCUT2D eigenvalue weighted by Gasteiger charge is -2.20. The standard InChI is InChI=1S/C10H19F3N2O/c1-16-7-8-5-15(4-2-3-14)6-9(8)10(11,12)13/h8-9H,2-7,14H2,1H3/t8-,9-/m1/s1. The van der Waals surface area contributed by atoms with E-state index >= 15 is 0 Å². The zero-order valence-corrected chi connectivity index (χ0v) is 9.46. The van der Waals surface area contributed by atoms with E-state index in [4.69, 9.17) is 10.5 Å². The third-order valence-corrected chi connectivity index (χ3v) is 3.00. The lowest BCUT2D eigenvalue weighted by molar-refractivity contribution is -0.183. The van der Waals surface area contributed by atoms with Gasteiger partial charge >= 0.3 is 6.18 Å². The molecule has 6 heteroatoms. The highest BCUT2D eigenvalue weighted by molar-refractivity contribution is 4.88. The second-order valence-corrected chi connectivity index (χ2v) is 4.27. The topological polar surface area (TPSA) is 38.5 Å². The number of methoxy groups -OCH3 is 1. The molecule has 3 nitrogen and oxygen atoms in total. The highest BCUT2D eigenvalue weighted by Gasteiger charge is 2.49. The Labute approximate surface area is 93.7 Å². The Morgan fingerprint density at radius 3 is 2.56 bits per heavy atom. The van der Waals surface area contributed by atoms with Crippen molar-refractivity contribution in [2.24, 2.45) is 17.6 Å². The van der Waals surface area contributed by atoms with Crippen LogP contribution in [0.2, 0.25) is 0 Å². The molecular weight excluding hydrogens is 221 g/mol. The third kappa shape index (κ3) is 3.61. The first-order chi connectivity index (χ1) is 7.49. The molecule has 0 aromatic rings. The van der Waals surface area contributed by atoms with E-state index in [-0.39, 0.29) is 13.2 Å². The molecular formula is C10H19F3N2O. The number of halogens is 3. The van der Waals surface area contributed by atoms with E-state index in [0.717, 1.165) is 6.42 Å². The Balaban J connectivity index is 2.54. The van der Waals surface area contributed by atoms with Crippen LogP contribution in [0.4, 0.5) is 13.2 Å². The van der Waals surface area contributed by atoms with Crippen LogP contribution in [-0.4, -0.2) is 51.0 Å². The molecule has 0 aromatic heterocycles. The maximum Gasteiger partial charge on any atom is 0.393 e. The van der Waals surface area contributed by atoms with Gasteiger partial charge in [-0.05, 0) is 19.5 Å². The number of ether oxygens (including phenoxy) is 1. The van der Waals surface area contributed by atoms with Gasteiger partial charge < -0.3 is 15.4 Å². The van der Waals surface area contributed by atoms with Crippen LogP contribution in [-0.2, 0) is 4.74 Å². The summed E-state index contributed by atoms with van der Waals surface area (Å²) in [6, 6.07) is 0. The van der Waals surface area contributed by atoms with Crippen LogP contribution in [0.25, 0.3) is 0 Å². The Kier molecular flexibility index (Phi) is 5.01. The molecule has 0 radical (unpaired) electrons. The van der Waals surface area contributed by atoms with Crippen LogP contribution in [0, 0.1) is 11.8 Å². The van der Waals surface area contributed by atoms with Gasteiger partial charge in [-0.25, -0.2) is 0 Å². The Bertz CT molecular complexity index is 211. The molecule has 0 amide bonds. The fraction of sp³-hybridized carbons (Fsp3) is 1.00. The zero-order valence-electron chi connectivity index (χ0n) is 9.46. The second kappa shape index (κ2) is 5.84. The van der Waals surface area contributed by atoms with Crippen molar-refractivity contribution in [2.45, 2.75) is 12.6 Å². The summed E-state index contributed by atoms with van der Waals surface area (Å²) in [5, 5.41) is 0. The maximum absolute atomic E-state index is 12.7. The van der Waals surface area contributed by atoms with E-state index in [1.54, 1.807) is 0 Å². The summed E-state index contributed by atoms with van der Waals surface area (Å²) in [7, 11) is 1.44. The number of rotatable bonds is 5. The van der Waals surface area contributed by atoms with Crippen molar-refractivity contribution >= 4 is 0 Å². The number of nitrogens with two attached hydrogens (primary N) is 1. The van der Waals surface area contributed by atoms with Gasteiger partial charge in [0.25, 0.3) is 0 Å². The van der Waals surface area contributed by atoms with Crippen LogP contribution in [0.5, 0.6) is 0 Å². The number of likely N-dealkylation sites (tertiary alicyclic amines) is 1. The summed E-state index contributed by atoms with van der Waals surface area (Å²) >= 11 is 0. The number of hydrogen-bond acceptors (Lipinski definition) is 3. The molecule has 2 N–H and O–H groups in total. The minimum Gasteiger partial charge on any atom is -0.384 e. The number of alkyl halides is 3. The van der Waals surface area contributed by atoms with E-state index in [2.05, 4.69) is 0 Å². The Morgan fingerprint density at radius 2 is 2.06 bits per heavy atom. The van der Waals surface area contributed by atoms with Gasteiger partial charge in [0.2, 0.25) is 0 Å². The average Bonchev–Trinajstić information content (AvgIpc) is 2.58. The monoisotopic (exact) mass is 240 g/mol. The fourth-order valence-electron chi connectivity index (χ4n) is 2.21. The van der Waals surface area contributed by atoms with Crippen LogP contribution in [0.3, 0.4) is 0 Å². The molecule has 1 fully saturated rings. The van der Waals surface area contributed by atoms with Crippen LogP contribution in [0.15, 0.2) is 0 Å². The van der Waals surface area contributed by atoms with Crippen molar-refractivity contribution in [3.8, 4) is 0 Å². The first-order valence-electron chi connectivity index (χ1n) is 5.47. The van der Waals surface area contributed by atoms with E-state index < -0.39 is 18.0 Å². The summed E-state index contributed by atoms with van der Waals surface area (Å²) in [5.74, 6) is -1.70. The molecule has 1 heterocycles. The highest BCUT2D eigenvalue weighted by atomic mass is 19.4. The SMILES string of the molecule is COC[C@H]1CN(CCCN)C[C@H]1C(F)(F)F. The van der Waals surface area contributed by atoms with E-state index in [0.29, 0.717) is 19.6 Å². The first-order valence-corrected chi connectivity index (χ1v) is 5.47. The maximum atomic E-state index is 12.7. The quantitative estimate of drug-likeness (QED) is 0.782. The number of hydrogen-bond donors (Lipinski definition) is 1. The molecule has 96 valence electrons. The third-order valence-electron chi connectivity index (χ3n) is 3.00. The molecule has 0 aromatic carbocycles. The summed E-state index contributed by atoms with van der Waals surface area (Å²) in [5.41, 5.74) is 5.35. The first kappa shape index (κ1) is 13.7. The minimum absolute atomic E-state index is 0.0809. The minimum atomic E-state index is -4.12. The summed E-state index contributed by atoms with van der Waals surface area (Å²) in [6.07, 6.45) is -3.38. The molecule has 0 unspecified atom stereocenters. The van der Waals surface area contributed by atoms with Crippen molar-refractivity contribution < 1.29 is 17.9 Å². The van der Waals surface area contributed by atoms with Crippen LogP contribution < -0.4 is 5.73 Å². The van der Waals surface area contributed by atoms with Gasteiger partial charge in [-0.3, -0.25) is 0 Å². The molecule has 0 spiro atoms. The van der Waals surface area contributed by atoms with Crippen LogP contribution >= 0.6 is 0 Å². The average molecular weight is 240 g/mol. The van der Waals surface area contributed by atoms with Crippen molar-refractivity contribution in [3.63, 3.8) is 0 Å². The summed E-state index contributed by atoms with van der Waals surface area (Å²) in [6.45, 7) is 1.87. The molecule has 1 saturated heterocycles. The Hall–Kier alpha value is -0.330. The molecule has 0 bridgehead atoms. The van der Waals surface area contributed by atoms with Crippen molar-refractivity contribution in [1.82, 2.24) is 4.90 Å². The largest absolute Gasteiger partial charge is 0.393 e. The normalized spacial score (nSPS) is 27.6. The van der Waals surface area contributed by atoms with E-state index in [9.17, 15) is 13.2 Å². The molecule has 2 atom stereocenters. The van der Waals surface area contributed by atoms with Gasteiger partial charge in [-0.15, -0.1) is 0 Å². The second-order valence-electron chi connectivity index (χ2n) is 4.27. The smallest absolute Gasteiger partial charge is 0.384 e. The predicted molar refractivity (Wildman–Crippen MR) is 55.0 cm³/mol. The highest BCUT2D eigenvalue weighted by Crippen LogP contribution is 2.37.